The summed E-state index contributed by atoms with van der Waals surface area (Å²) in [6.07, 6.45) is 21.5. The SMILES string of the molecule is CCCCCC[P+](CCCCCC)(CCCCCC)c1ccccc1.[Cl-]. The van der Waals surface area contributed by atoms with Crippen molar-refractivity contribution in [2.75, 3.05) is 18.5 Å². The molecule has 0 aliphatic carbocycles. The van der Waals surface area contributed by atoms with Crippen LogP contribution in [0.2, 0.25) is 0 Å². The van der Waals surface area contributed by atoms with Crippen molar-refractivity contribution < 1.29 is 12.4 Å². The molecule has 0 spiro atoms. The quantitative estimate of drug-likeness (QED) is 0.269. The van der Waals surface area contributed by atoms with Crippen molar-refractivity contribution in [2.24, 2.45) is 0 Å². The van der Waals surface area contributed by atoms with Crippen LogP contribution in [-0.4, -0.2) is 18.5 Å². The Morgan fingerprint density at radius 3 is 1.27 bits per heavy atom. The van der Waals surface area contributed by atoms with Gasteiger partial charge in [0.25, 0.3) is 0 Å². The third-order valence-corrected chi connectivity index (χ3v) is 10.5. The zero-order valence-corrected chi connectivity index (χ0v) is 19.5. The van der Waals surface area contributed by atoms with Crippen molar-refractivity contribution in [1.29, 1.82) is 0 Å². The highest BCUT2D eigenvalue weighted by Crippen LogP contribution is 2.59. The van der Waals surface area contributed by atoms with E-state index in [2.05, 4.69) is 51.1 Å². The lowest BCUT2D eigenvalue weighted by Gasteiger charge is -2.28. The Hall–Kier alpha value is -0.0600. The fourth-order valence-electron chi connectivity index (χ4n) is 3.99. The van der Waals surface area contributed by atoms with Crippen LogP contribution in [0.3, 0.4) is 0 Å². The van der Waals surface area contributed by atoms with E-state index in [1.165, 1.54) is 95.5 Å². The Morgan fingerprint density at radius 2 is 0.923 bits per heavy atom. The van der Waals surface area contributed by atoms with E-state index in [1.54, 1.807) is 5.30 Å². The molecule has 26 heavy (non-hydrogen) atoms. The summed E-state index contributed by atoms with van der Waals surface area (Å²) in [5.74, 6) is 0. The average molecular weight is 399 g/mol. The molecular weight excluding hydrogens is 355 g/mol. The second-order valence-corrected chi connectivity index (χ2v) is 12.0. The monoisotopic (exact) mass is 398 g/mol. The molecule has 0 fully saturated rings. The molecule has 0 unspecified atom stereocenters. The maximum atomic E-state index is 2.47. The highest BCUT2D eigenvalue weighted by atomic mass is 35.5. The molecule has 2 heteroatoms. The first-order valence-electron chi connectivity index (χ1n) is 11.2. The molecule has 0 amide bonds. The van der Waals surface area contributed by atoms with E-state index in [0.717, 1.165) is 0 Å². The highest BCUT2D eigenvalue weighted by Gasteiger charge is 2.38. The van der Waals surface area contributed by atoms with Gasteiger partial charge in [-0.3, -0.25) is 0 Å². The van der Waals surface area contributed by atoms with Gasteiger partial charge < -0.3 is 12.4 Å². The zero-order valence-electron chi connectivity index (χ0n) is 17.8. The normalized spacial score (nSPS) is 11.3. The van der Waals surface area contributed by atoms with E-state index in [1.807, 2.05) is 0 Å². The van der Waals surface area contributed by atoms with Crippen LogP contribution in [-0.2, 0) is 0 Å². The number of unbranched alkanes of at least 4 members (excludes halogenated alkanes) is 9. The van der Waals surface area contributed by atoms with Crippen molar-refractivity contribution in [3.63, 3.8) is 0 Å². The smallest absolute Gasteiger partial charge is 0.0939 e. The van der Waals surface area contributed by atoms with Crippen LogP contribution >= 0.6 is 7.26 Å². The molecule has 1 rings (SSSR count). The van der Waals surface area contributed by atoms with Crippen molar-refractivity contribution in [3.8, 4) is 0 Å². The van der Waals surface area contributed by atoms with E-state index in [-0.39, 0.29) is 12.4 Å². The molecule has 0 heterocycles. The predicted octanol–water partition coefficient (Wildman–Crippen LogP) is 5.07. The Balaban J connectivity index is 0.00000625. The third kappa shape index (κ3) is 10.3. The summed E-state index contributed by atoms with van der Waals surface area (Å²) in [6.45, 7) is 6.99. The van der Waals surface area contributed by atoms with Crippen molar-refractivity contribution in [2.45, 2.75) is 97.8 Å². The van der Waals surface area contributed by atoms with Gasteiger partial charge in [-0.2, -0.15) is 0 Å². The first-order valence-corrected chi connectivity index (χ1v) is 13.5. The van der Waals surface area contributed by atoms with E-state index in [0.29, 0.717) is 0 Å². The van der Waals surface area contributed by atoms with Crippen LogP contribution < -0.4 is 17.7 Å². The Bertz CT molecular complexity index is 373. The van der Waals surface area contributed by atoms with Gasteiger partial charge >= 0.3 is 0 Å². The molecule has 1 aromatic rings. The average Bonchev–Trinajstić information content (AvgIpc) is 2.66. The van der Waals surface area contributed by atoms with Gasteiger partial charge in [0, 0.05) is 7.26 Å². The number of rotatable bonds is 16. The topological polar surface area (TPSA) is 0 Å². The maximum absolute atomic E-state index is 2.47. The molecule has 1 aromatic carbocycles. The van der Waals surface area contributed by atoms with Crippen LogP contribution in [0.1, 0.15) is 97.8 Å². The minimum Gasteiger partial charge on any atom is -1.00 e. The third-order valence-electron chi connectivity index (χ3n) is 5.62. The van der Waals surface area contributed by atoms with Crippen molar-refractivity contribution >= 4 is 12.6 Å². The lowest BCUT2D eigenvalue weighted by Crippen LogP contribution is -3.00. The predicted molar refractivity (Wildman–Crippen MR) is 120 cm³/mol. The van der Waals surface area contributed by atoms with Gasteiger partial charge in [0.15, 0.2) is 0 Å². The zero-order chi connectivity index (χ0) is 18.2. The summed E-state index contributed by atoms with van der Waals surface area (Å²) in [5, 5.41) is 1.74. The first kappa shape index (κ1) is 25.9. The van der Waals surface area contributed by atoms with E-state index in [9.17, 15) is 0 Å². The summed E-state index contributed by atoms with van der Waals surface area (Å²) >= 11 is 0. The summed E-state index contributed by atoms with van der Waals surface area (Å²) < 4.78 is 0. The van der Waals surface area contributed by atoms with E-state index in [4.69, 9.17) is 0 Å². The molecular formula is C24H44ClP. The number of hydrogen-bond acceptors (Lipinski definition) is 0. The van der Waals surface area contributed by atoms with Gasteiger partial charge in [0.05, 0.1) is 23.8 Å². The molecule has 0 N–H and O–H groups in total. The minimum absolute atomic E-state index is 0. The molecule has 0 nitrogen and oxygen atoms in total. The molecule has 0 radical (unpaired) electrons. The maximum Gasteiger partial charge on any atom is 0.0939 e. The van der Waals surface area contributed by atoms with E-state index < -0.39 is 7.26 Å². The van der Waals surface area contributed by atoms with Crippen LogP contribution in [0.25, 0.3) is 0 Å². The van der Waals surface area contributed by atoms with Crippen molar-refractivity contribution in [3.05, 3.63) is 30.3 Å². The standard InChI is InChI=1S/C24H44P.ClH/c1-4-7-10-16-21-25(22-17-11-8-5-2,23-18-12-9-6-3)24-19-14-13-15-20-24;/h13-15,19-20H,4-12,16-18,21-23H2,1-3H3;1H/q+1;/p-1. The molecule has 0 saturated carbocycles. The van der Waals surface area contributed by atoms with Crippen LogP contribution in [0.15, 0.2) is 30.3 Å². The van der Waals surface area contributed by atoms with Crippen molar-refractivity contribution in [1.82, 2.24) is 0 Å². The second-order valence-electron chi connectivity index (χ2n) is 7.83. The first-order chi connectivity index (χ1) is 12.3. The minimum atomic E-state index is -0.969. The molecule has 0 aliphatic heterocycles. The molecule has 0 aromatic heterocycles. The highest BCUT2D eigenvalue weighted by molar-refractivity contribution is 7.82. The summed E-state index contributed by atoms with van der Waals surface area (Å²) in [7, 11) is -0.969. The van der Waals surface area contributed by atoms with Gasteiger partial charge in [-0.1, -0.05) is 77.5 Å². The lowest BCUT2D eigenvalue weighted by molar-refractivity contribution is -0.00000552. The van der Waals surface area contributed by atoms with Crippen LogP contribution in [0.4, 0.5) is 0 Å². The van der Waals surface area contributed by atoms with Gasteiger partial charge in [-0.05, 0) is 50.7 Å². The van der Waals surface area contributed by atoms with E-state index >= 15 is 0 Å². The van der Waals surface area contributed by atoms with Gasteiger partial charge in [0.1, 0.15) is 0 Å². The number of halogens is 1. The Labute approximate surface area is 171 Å². The Morgan fingerprint density at radius 1 is 0.538 bits per heavy atom. The molecule has 0 atom stereocenters. The van der Waals surface area contributed by atoms with Gasteiger partial charge in [-0.25, -0.2) is 0 Å². The van der Waals surface area contributed by atoms with Crippen LogP contribution in [0.5, 0.6) is 0 Å². The van der Waals surface area contributed by atoms with Gasteiger partial charge in [-0.15, -0.1) is 0 Å². The fraction of sp³-hybridized carbons (Fsp3) is 0.750. The number of benzene rings is 1. The molecule has 152 valence electrons. The fourth-order valence-corrected chi connectivity index (χ4v) is 8.73. The lowest BCUT2D eigenvalue weighted by atomic mass is 10.2. The van der Waals surface area contributed by atoms with Gasteiger partial charge in [0.2, 0.25) is 0 Å². The van der Waals surface area contributed by atoms with Crippen LogP contribution in [0, 0.1) is 0 Å². The molecule has 0 bridgehead atoms. The summed E-state index contributed by atoms with van der Waals surface area (Å²) in [6, 6.07) is 11.7. The largest absolute Gasteiger partial charge is 1.00 e. The molecule has 0 saturated heterocycles. The Kier molecular flexibility index (Phi) is 17.0. The molecule has 0 aliphatic rings. The summed E-state index contributed by atoms with van der Waals surface area (Å²) in [5.41, 5.74) is 0. The second kappa shape index (κ2) is 17.1. The summed E-state index contributed by atoms with van der Waals surface area (Å²) in [4.78, 5) is 0. The number of hydrogen-bond donors (Lipinski definition) is 0.